The number of aromatic nitrogens is 2. The first-order valence-corrected chi connectivity index (χ1v) is 9.01. The van der Waals surface area contributed by atoms with Crippen LogP contribution in [0.5, 0.6) is 0 Å². The lowest BCUT2D eigenvalue weighted by Crippen LogP contribution is -2.27. The average molecular weight is 338 g/mol. The van der Waals surface area contributed by atoms with Gasteiger partial charge in [-0.2, -0.15) is 5.10 Å². The SMILES string of the molecule is CCCCCCCCCCNC(=O)c1c([N+](=O)[O-])c(CC)nn1C. The molecule has 0 spiro atoms. The molecule has 24 heavy (non-hydrogen) atoms. The number of carbonyl (C=O) groups excluding carboxylic acids is 1. The van der Waals surface area contributed by atoms with Crippen LogP contribution in [0, 0.1) is 10.1 Å². The van der Waals surface area contributed by atoms with Crippen molar-refractivity contribution in [1.82, 2.24) is 15.1 Å². The summed E-state index contributed by atoms with van der Waals surface area (Å²) in [6, 6.07) is 0. The average Bonchev–Trinajstić information content (AvgIpc) is 2.90. The zero-order chi connectivity index (χ0) is 17.9. The molecule has 0 fully saturated rings. The topological polar surface area (TPSA) is 90.1 Å². The van der Waals surface area contributed by atoms with Crippen molar-refractivity contribution >= 4 is 11.6 Å². The third-order valence-corrected chi connectivity index (χ3v) is 4.14. The van der Waals surface area contributed by atoms with E-state index in [1.807, 2.05) is 0 Å². The number of nitrogens with zero attached hydrogens (tertiary/aromatic N) is 3. The van der Waals surface area contributed by atoms with Crippen LogP contribution in [0.3, 0.4) is 0 Å². The van der Waals surface area contributed by atoms with Crippen molar-refractivity contribution in [1.29, 1.82) is 0 Å². The first-order chi connectivity index (χ1) is 11.5. The van der Waals surface area contributed by atoms with Gasteiger partial charge in [0, 0.05) is 13.6 Å². The highest BCUT2D eigenvalue weighted by atomic mass is 16.6. The van der Waals surface area contributed by atoms with Gasteiger partial charge in [-0.1, -0.05) is 58.8 Å². The summed E-state index contributed by atoms with van der Waals surface area (Å²) in [5.41, 5.74) is 0.213. The van der Waals surface area contributed by atoms with Crippen molar-refractivity contribution in [3.63, 3.8) is 0 Å². The third kappa shape index (κ3) is 5.94. The highest BCUT2D eigenvalue weighted by Gasteiger charge is 2.30. The van der Waals surface area contributed by atoms with Gasteiger partial charge in [-0.05, 0) is 12.8 Å². The molecule has 1 aromatic heterocycles. The first kappa shape index (κ1) is 20.1. The Morgan fingerprint density at radius 1 is 1.12 bits per heavy atom. The van der Waals surface area contributed by atoms with Crippen LogP contribution in [0.4, 0.5) is 5.69 Å². The van der Waals surface area contributed by atoms with Gasteiger partial charge >= 0.3 is 5.69 Å². The first-order valence-electron chi connectivity index (χ1n) is 9.01. The molecule has 0 saturated heterocycles. The van der Waals surface area contributed by atoms with Crippen LogP contribution in [0.1, 0.15) is 81.4 Å². The van der Waals surface area contributed by atoms with Crippen molar-refractivity contribution in [3.8, 4) is 0 Å². The largest absolute Gasteiger partial charge is 0.350 e. The van der Waals surface area contributed by atoms with Crippen LogP contribution in [-0.4, -0.2) is 27.2 Å². The van der Waals surface area contributed by atoms with Gasteiger partial charge < -0.3 is 5.32 Å². The zero-order valence-corrected chi connectivity index (χ0v) is 15.1. The molecule has 7 nitrogen and oxygen atoms in total. The Morgan fingerprint density at radius 2 is 1.71 bits per heavy atom. The smallest absolute Gasteiger partial charge is 0.323 e. The molecular weight excluding hydrogens is 308 g/mol. The molecule has 7 heteroatoms. The molecule has 0 bridgehead atoms. The Bertz CT molecular complexity index is 540. The van der Waals surface area contributed by atoms with E-state index >= 15 is 0 Å². The molecular formula is C17H30N4O3. The molecule has 1 aromatic rings. The normalized spacial score (nSPS) is 10.8. The van der Waals surface area contributed by atoms with Gasteiger partial charge in [-0.3, -0.25) is 19.6 Å². The lowest BCUT2D eigenvalue weighted by molar-refractivity contribution is -0.385. The van der Waals surface area contributed by atoms with E-state index in [9.17, 15) is 14.9 Å². The predicted molar refractivity (Wildman–Crippen MR) is 94.2 cm³/mol. The standard InChI is InChI=1S/C17H30N4O3/c1-4-6-7-8-9-10-11-12-13-18-17(22)16-15(21(23)24)14(5-2)19-20(16)3/h4-13H2,1-3H3,(H,18,22). The Kier molecular flexibility index (Phi) is 9.04. The summed E-state index contributed by atoms with van der Waals surface area (Å²) in [5.74, 6) is -0.417. The molecule has 0 aromatic carbocycles. The van der Waals surface area contributed by atoms with Crippen molar-refractivity contribution in [2.45, 2.75) is 71.6 Å². The van der Waals surface area contributed by atoms with E-state index in [0.29, 0.717) is 18.7 Å². The molecule has 1 heterocycles. The molecule has 136 valence electrons. The minimum Gasteiger partial charge on any atom is -0.350 e. The van der Waals surface area contributed by atoms with Gasteiger partial charge in [0.15, 0.2) is 0 Å². The van der Waals surface area contributed by atoms with Crippen LogP contribution < -0.4 is 5.32 Å². The fourth-order valence-corrected chi connectivity index (χ4v) is 2.80. The van der Waals surface area contributed by atoms with Gasteiger partial charge in [-0.25, -0.2) is 0 Å². The van der Waals surface area contributed by atoms with E-state index in [4.69, 9.17) is 0 Å². The number of amides is 1. The van der Waals surface area contributed by atoms with E-state index in [0.717, 1.165) is 12.8 Å². The van der Waals surface area contributed by atoms with Gasteiger partial charge in [-0.15, -0.1) is 0 Å². The quantitative estimate of drug-likeness (QED) is 0.357. The number of hydrogen-bond acceptors (Lipinski definition) is 4. The van der Waals surface area contributed by atoms with E-state index < -0.39 is 10.8 Å². The van der Waals surface area contributed by atoms with Crippen molar-refractivity contribution in [2.75, 3.05) is 6.54 Å². The van der Waals surface area contributed by atoms with Gasteiger partial charge in [0.25, 0.3) is 5.91 Å². The molecule has 0 saturated carbocycles. The second-order valence-corrected chi connectivity index (χ2v) is 6.11. The van der Waals surface area contributed by atoms with E-state index in [1.54, 1.807) is 14.0 Å². The molecule has 0 unspecified atom stereocenters. The molecule has 1 amide bonds. The highest BCUT2D eigenvalue weighted by Crippen LogP contribution is 2.23. The van der Waals surface area contributed by atoms with Gasteiger partial charge in [0.2, 0.25) is 5.69 Å². The highest BCUT2D eigenvalue weighted by molar-refractivity contribution is 5.96. The van der Waals surface area contributed by atoms with Gasteiger partial charge in [0.1, 0.15) is 5.69 Å². The van der Waals surface area contributed by atoms with Crippen LogP contribution in [-0.2, 0) is 13.5 Å². The van der Waals surface area contributed by atoms with Crippen LogP contribution in [0.15, 0.2) is 0 Å². The summed E-state index contributed by atoms with van der Waals surface area (Å²) in [5, 5.41) is 18.1. The molecule has 0 aliphatic heterocycles. The maximum Gasteiger partial charge on any atom is 0.323 e. The van der Waals surface area contributed by atoms with Crippen molar-refractivity contribution in [2.24, 2.45) is 7.05 Å². The Morgan fingerprint density at radius 3 is 2.25 bits per heavy atom. The second kappa shape index (κ2) is 10.8. The fourth-order valence-electron chi connectivity index (χ4n) is 2.80. The zero-order valence-electron chi connectivity index (χ0n) is 15.1. The molecule has 1 rings (SSSR count). The van der Waals surface area contributed by atoms with E-state index in [2.05, 4.69) is 17.3 Å². The molecule has 1 N–H and O–H groups in total. The van der Waals surface area contributed by atoms with E-state index in [-0.39, 0.29) is 11.4 Å². The molecule has 0 aliphatic carbocycles. The summed E-state index contributed by atoms with van der Waals surface area (Å²) >= 11 is 0. The predicted octanol–water partition coefficient (Wildman–Crippen LogP) is 3.76. The minimum atomic E-state index is -0.517. The number of carbonyl (C=O) groups is 1. The Hall–Kier alpha value is -1.92. The number of nitrogens with one attached hydrogen (secondary N) is 1. The summed E-state index contributed by atoms with van der Waals surface area (Å²) in [6.07, 6.45) is 9.94. The third-order valence-electron chi connectivity index (χ3n) is 4.14. The fraction of sp³-hybridized carbons (Fsp3) is 0.765. The van der Waals surface area contributed by atoms with Crippen LogP contribution in [0.25, 0.3) is 0 Å². The van der Waals surface area contributed by atoms with Crippen molar-refractivity contribution in [3.05, 3.63) is 21.5 Å². The number of unbranched alkanes of at least 4 members (excludes halogenated alkanes) is 7. The van der Waals surface area contributed by atoms with Crippen LogP contribution >= 0.6 is 0 Å². The lowest BCUT2D eigenvalue weighted by atomic mass is 10.1. The number of rotatable bonds is 12. The van der Waals surface area contributed by atoms with Crippen LogP contribution in [0.2, 0.25) is 0 Å². The summed E-state index contributed by atoms with van der Waals surface area (Å²) in [4.78, 5) is 22.9. The van der Waals surface area contributed by atoms with E-state index in [1.165, 1.54) is 43.2 Å². The Balaban J connectivity index is 2.39. The maximum atomic E-state index is 12.3. The van der Waals surface area contributed by atoms with Crippen molar-refractivity contribution < 1.29 is 9.72 Å². The summed E-state index contributed by atoms with van der Waals surface area (Å²) in [7, 11) is 1.57. The molecule has 0 aliphatic rings. The molecule has 0 radical (unpaired) electrons. The van der Waals surface area contributed by atoms with Gasteiger partial charge in [0.05, 0.1) is 4.92 Å². The minimum absolute atomic E-state index is 0.0383. The monoisotopic (exact) mass is 338 g/mol. The number of nitro groups is 1. The number of hydrogen-bond donors (Lipinski definition) is 1. The summed E-state index contributed by atoms with van der Waals surface area (Å²) in [6.45, 7) is 4.54. The number of aryl methyl sites for hydroxylation is 2. The summed E-state index contributed by atoms with van der Waals surface area (Å²) < 4.78 is 1.31. The maximum absolute atomic E-state index is 12.3. The Labute approximate surface area is 144 Å². The lowest BCUT2D eigenvalue weighted by Gasteiger charge is -2.05. The second-order valence-electron chi connectivity index (χ2n) is 6.11. The molecule has 0 atom stereocenters.